The third-order valence-electron chi connectivity index (χ3n) is 3.84. The Balaban J connectivity index is 2.27. The first-order valence-corrected chi connectivity index (χ1v) is 7.73. The second-order valence-corrected chi connectivity index (χ2v) is 7.02. The number of fused-ring (bicyclic) bond motifs is 1. The van der Waals surface area contributed by atoms with Gasteiger partial charge < -0.3 is 11.1 Å². The maximum atomic E-state index is 12.3. The van der Waals surface area contributed by atoms with Crippen LogP contribution in [-0.4, -0.2) is 12.5 Å². The molecule has 1 aromatic carbocycles. The second-order valence-electron chi connectivity index (χ2n) is 6.00. The van der Waals surface area contributed by atoms with Crippen LogP contribution < -0.4 is 11.1 Å². The van der Waals surface area contributed by atoms with Crippen molar-refractivity contribution < 1.29 is 4.79 Å². The molecule has 1 heterocycles. The van der Waals surface area contributed by atoms with Crippen LogP contribution >= 0.6 is 11.3 Å². The molecule has 3 nitrogen and oxygen atoms in total. The summed E-state index contributed by atoms with van der Waals surface area (Å²) in [7, 11) is 0. The highest BCUT2D eigenvalue weighted by Gasteiger charge is 2.20. The number of nitrogens with one attached hydrogen (secondary N) is 1. The molecule has 4 heteroatoms. The Labute approximate surface area is 124 Å². The molecule has 2 rings (SSSR count). The maximum Gasteiger partial charge on any atom is 0.263 e. The highest BCUT2D eigenvalue weighted by Crippen LogP contribution is 2.35. The number of thiophene rings is 1. The summed E-state index contributed by atoms with van der Waals surface area (Å²) in [6.07, 6.45) is 1.02. The lowest BCUT2D eigenvalue weighted by atomic mass is 9.90. The first-order chi connectivity index (χ1) is 9.35. The quantitative estimate of drug-likeness (QED) is 0.895. The van der Waals surface area contributed by atoms with Gasteiger partial charge in [-0.15, -0.1) is 11.3 Å². The van der Waals surface area contributed by atoms with Crippen molar-refractivity contribution >= 4 is 33.0 Å². The summed E-state index contributed by atoms with van der Waals surface area (Å²) in [6, 6.07) is 5.99. The van der Waals surface area contributed by atoms with Gasteiger partial charge in [0.05, 0.1) is 5.69 Å². The average molecular weight is 290 g/mol. The largest absolute Gasteiger partial charge is 0.397 e. The number of rotatable bonds is 4. The van der Waals surface area contributed by atoms with Crippen LogP contribution in [0.15, 0.2) is 18.2 Å². The Hall–Kier alpha value is -1.55. The molecule has 1 amide bonds. The van der Waals surface area contributed by atoms with Gasteiger partial charge >= 0.3 is 0 Å². The van der Waals surface area contributed by atoms with Crippen molar-refractivity contribution in [1.29, 1.82) is 0 Å². The first-order valence-electron chi connectivity index (χ1n) is 6.91. The zero-order valence-electron chi connectivity index (χ0n) is 12.5. The predicted molar refractivity (Wildman–Crippen MR) is 87.4 cm³/mol. The zero-order valence-corrected chi connectivity index (χ0v) is 13.4. The number of aryl methyl sites for hydroxylation is 1. The monoisotopic (exact) mass is 290 g/mol. The van der Waals surface area contributed by atoms with Crippen LogP contribution in [0.1, 0.15) is 42.4 Å². The molecular formula is C16H22N2OS. The molecule has 2 aromatic rings. The van der Waals surface area contributed by atoms with E-state index in [4.69, 9.17) is 5.73 Å². The van der Waals surface area contributed by atoms with Crippen LogP contribution in [-0.2, 0) is 0 Å². The lowest BCUT2D eigenvalue weighted by Crippen LogP contribution is -2.33. The van der Waals surface area contributed by atoms with Crippen molar-refractivity contribution in [3.63, 3.8) is 0 Å². The Morgan fingerprint density at radius 3 is 2.70 bits per heavy atom. The van der Waals surface area contributed by atoms with Gasteiger partial charge in [0.1, 0.15) is 4.88 Å². The molecule has 0 saturated heterocycles. The van der Waals surface area contributed by atoms with E-state index in [-0.39, 0.29) is 11.3 Å². The van der Waals surface area contributed by atoms with Crippen molar-refractivity contribution in [2.75, 3.05) is 12.3 Å². The molecule has 0 spiro atoms. The van der Waals surface area contributed by atoms with E-state index in [9.17, 15) is 4.79 Å². The molecule has 0 aliphatic carbocycles. The van der Waals surface area contributed by atoms with Crippen LogP contribution in [0, 0.1) is 12.3 Å². The number of benzene rings is 1. The van der Waals surface area contributed by atoms with Crippen LogP contribution in [0.5, 0.6) is 0 Å². The minimum Gasteiger partial charge on any atom is -0.397 e. The highest BCUT2D eigenvalue weighted by atomic mass is 32.1. The summed E-state index contributed by atoms with van der Waals surface area (Å²) >= 11 is 1.48. The summed E-state index contributed by atoms with van der Waals surface area (Å²) in [5.74, 6) is -0.0652. The molecule has 0 bridgehead atoms. The van der Waals surface area contributed by atoms with Gasteiger partial charge in [-0.25, -0.2) is 0 Å². The number of hydrogen-bond donors (Lipinski definition) is 2. The third-order valence-corrected chi connectivity index (χ3v) is 5.20. The predicted octanol–water partition coefficient (Wildman–Crippen LogP) is 3.96. The maximum absolute atomic E-state index is 12.3. The Morgan fingerprint density at radius 2 is 2.10 bits per heavy atom. The third kappa shape index (κ3) is 2.80. The van der Waals surface area contributed by atoms with Gasteiger partial charge in [-0.2, -0.15) is 0 Å². The van der Waals surface area contributed by atoms with E-state index in [2.05, 4.69) is 26.1 Å². The molecule has 0 aliphatic heterocycles. The van der Waals surface area contributed by atoms with Crippen molar-refractivity contribution in [3.05, 3.63) is 28.6 Å². The molecule has 0 aliphatic rings. The van der Waals surface area contributed by atoms with Gasteiger partial charge in [0.25, 0.3) is 5.91 Å². The number of nitrogens with two attached hydrogens (primary N) is 1. The van der Waals surface area contributed by atoms with Gasteiger partial charge in [0, 0.05) is 16.6 Å². The minimum absolute atomic E-state index is 0.0652. The number of anilines is 1. The molecule has 0 saturated carbocycles. The van der Waals surface area contributed by atoms with Crippen molar-refractivity contribution in [1.82, 2.24) is 5.32 Å². The average Bonchev–Trinajstić information content (AvgIpc) is 2.76. The first kappa shape index (κ1) is 14.9. The Bertz CT molecular complexity index is 643. The minimum atomic E-state index is -0.0652. The summed E-state index contributed by atoms with van der Waals surface area (Å²) in [5.41, 5.74) is 8.00. The summed E-state index contributed by atoms with van der Waals surface area (Å²) in [4.78, 5) is 13.0. The number of carbonyl (C=O) groups excluding carboxylic acids is 1. The van der Waals surface area contributed by atoms with Gasteiger partial charge in [-0.05, 0) is 24.3 Å². The Morgan fingerprint density at radius 1 is 1.40 bits per heavy atom. The van der Waals surface area contributed by atoms with Gasteiger partial charge in [0.15, 0.2) is 0 Å². The van der Waals surface area contributed by atoms with Crippen molar-refractivity contribution in [3.8, 4) is 0 Å². The van der Waals surface area contributed by atoms with E-state index in [0.717, 1.165) is 22.1 Å². The molecule has 0 atom stereocenters. The lowest BCUT2D eigenvalue weighted by molar-refractivity contribution is 0.0940. The van der Waals surface area contributed by atoms with Gasteiger partial charge in [0.2, 0.25) is 0 Å². The SMILES string of the molecule is CCC(C)(C)CNC(=O)c1sc2c(C)cccc2c1N. The molecule has 0 fully saturated rings. The van der Waals surface area contributed by atoms with Gasteiger partial charge in [-0.3, -0.25) is 4.79 Å². The smallest absolute Gasteiger partial charge is 0.263 e. The summed E-state index contributed by atoms with van der Waals surface area (Å²) in [6.45, 7) is 9.12. The van der Waals surface area contributed by atoms with Crippen molar-refractivity contribution in [2.24, 2.45) is 5.41 Å². The molecule has 108 valence electrons. The normalized spacial score (nSPS) is 11.8. The highest BCUT2D eigenvalue weighted by molar-refractivity contribution is 7.21. The molecule has 3 N–H and O–H groups in total. The molecule has 1 aromatic heterocycles. The van der Waals surface area contributed by atoms with E-state index < -0.39 is 0 Å². The van der Waals surface area contributed by atoms with E-state index in [1.807, 2.05) is 25.1 Å². The number of carbonyl (C=O) groups is 1. The van der Waals surface area contributed by atoms with E-state index in [0.29, 0.717) is 17.1 Å². The fraction of sp³-hybridized carbons (Fsp3) is 0.438. The van der Waals surface area contributed by atoms with Crippen molar-refractivity contribution in [2.45, 2.75) is 34.1 Å². The summed E-state index contributed by atoms with van der Waals surface area (Å²) < 4.78 is 1.10. The topological polar surface area (TPSA) is 55.1 Å². The molecule has 0 radical (unpaired) electrons. The lowest BCUT2D eigenvalue weighted by Gasteiger charge is -2.22. The number of hydrogen-bond acceptors (Lipinski definition) is 3. The fourth-order valence-electron chi connectivity index (χ4n) is 1.97. The van der Waals surface area contributed by atoms with Crippen LogP contribution in [0.25, 0.3) is 10.1 Å². The molecule has 20 heavy (non-hydrogen) atoms. The number of amides is 1. The van der Waals surface area contributed by atoms with E-state index in [1.165, 1.54) is 11.3 Å². The fourth-order valence-corrected chi connectivity index (χ4v) is 3.08. The van der Waals surface area contributed by atoms with E-state index >= 15 is 0 Å². The van der Waals surface area contributed by atoms with Gasteiger partial charge in [-0.1, -0.05) is 39.0 Å². The van der Waals surface area contributed by atoms with Crippen LogP contribution in [0.2, 0.25) is 0 Å². The summed E-state index contributed by atoms with van der Waals surface area (Å²) in [5, 5.41) is 3.98. The molecule has 0 unspecified atom stereocenters. The van der Waals surface area contributed by atoms with Crippen LogP contribution in [0.3, 0.4) is 0 Å². The van der Waals surface area contributed by atoms with E-state index in [1.54, 1.807) is 0 Å². The standard InChI is InChI=1S/C16H22N2OS/c1-5-16(3,4)9-18-15(19)14-12(17)11-8-6-7-10(2)13(11)20-14/h6-8H,5,9,17H2,1-4H3,(H,18,19). The molecular weight excluding hydrogens is 268 g/mol. The second kappa shape index (κ2) is 5.44. The number of nitrogen functional groups attached to an aromatic ring is 1. The Kier molecular flexibility index (Phi) is 4.04. The van der Waals surface area contributed by atoms with Crippen LogP contribution in [0.4, 0.5) is 5.69 Å². The zero-order chi connectivity index (χ0) is 14.9.